The number of pyridine rings is 1. The number of carbonyl (C=O) groups excluding carboxylic acids is 1. The fourth-order valence-electron chi connectivity index (χ4n) is 1.96. The van der Waals surface area contributed by atoms with Crippen molar-refractivity contribution in [3.05, 3.63) is 23.9 Å². The molecule has 5 heteroatoms. The highest BCUT2D eigenvalue weighted by atomic mass is 16.2. The zero-order valence-corrected chi connectivity index (χ0v) is 13.0. The first-order valence-corrected chi connectivity index (χ1v) is 7.23. The number of nitrogens with zero attached hydrogens (tertiary/aromatic N) is 3. The molecule has 0 saturated carbocycles. The van der Waals surface area contributed by atoms with Crippen molar-refractivity contribution in [2.24, 2.45) is 0 Å². The predicted molar refractivity (Wildman–Crippen MR) is 83.1 cm³/mol. The van der Waals surface area contributed by atoms with Crippen LogP contribution >= 0.6 is 0 Å². The molecule has 20 heavy (non-hydrogen) atoms. The number of amides is 1. The van der Waals surface area contributed by atoms with Crippen molar-refractivity contribution in [3.8, 4) is 0 Å². The third-order valence-corrected chi connectivity index (χ3v) is 2.98. The number of nitrogens with one attached hydrogen (secondary N) is 1. The maximum absolute atomic E-state index is 12.7. The largest absolute Gasteiger partial charge is 0.370 e. The summed E-state index contributed by atoms with van der Waals surface area (Å²) in [4.78, 5) is 20.9. The molecule has 1 aromatic heterocycles. The summed E-state index contributed by atoms with van der Waals surface area (Å²) in [5.74, 6) is 0.726. The molecular formula is C15H26N4O. The monoisotopic (exact) mass is 278 g/mol. The lowest BCUT2D eigenvalue weighted by atomic mass is 10.2. The SMILES string of the molecule is CCCN(CCN(C)C)C(=O)c1cccnc1NCC. The van der Waals surface area contributed by atoms with Crippen molar-refractivity contribution in [1.29, 1.82) is 0 Å². The Balaban J connectivity index is 2.87. The molecule has 5 nitrogen and oxygen atoms in total. The molecule has 0 aliphatic carbocycles. The van der Waals surface area contributed by atoms with Crippen LogP contribution < -0.4 is 5.32 Å². The molecule has 0 fully saturated rings. The minimum Gasteiger partial charge on any atom is -0.370 e. The molecule has 0 spiro atoms. The van der Waals surface area contributed by atoms with E-state index in [0.29, 0.717) is 11.4 Å². The van der Waals surface area contributed by atoms with Crippen LogP contribution in [-0.2, 0) is 0 Å². The zero-order valence-electron chi connectivity index (χ0n) is 13.0. The van der Waals surface area contributed by atoms with Crippen LogP contribution in [0.25, 0.3) is 0 Å². The Hall–Kier alpha value is -1.62. The topological polar surface area (TPSA) is 48.5 Å². The minimum absolute atomic E-state index is 0.0535. The zero-order chi connectivity index (χ0) is 15.0. The van der Waals surface area contributed by atoms with Crippen LogP contribution in [0.1, 0.15) is 30.6 Å². The highest BCUT2D eigenvalue weighted by Crippen LogP contribution is 2.14. The van der Waals surface area contributed by atoms with E-state index in [2.05, 4.69) is 22.1 Å². The lowest BCUT2D eigenvalue weighted by Crippen LogP contribution is -2.37. The Bertz CT molecular complexity index is 420. The number of anilines is 1. The molecule has 1 rings (SSSR count). The molecule has 0 aliphatic rings. The number of likely N-dealkylation sites (N-methyl/N-ethyl adjacent to an activating group) is 1. The van der Waals surface area contributed by atoms with Gasteiger partial charge in [0.15, 0.2) is 0 Å². The van der Waals surface area contributed by atoms with Crippen molar-refractivity contribution >= 4 is 11.7 Å². The molecule has 0 saturated heterocycles. The van der Waals surface area contributed by atoms with Gasteiger partial charge in [-0.1, -0.05) is 6.92 Å². The van der Waals surface area contributed by atoms with Crippen molar-refractivity contribution in [3.63, 3.8) is 0 Å². The van der Waals surface area contributed by atoms with E-state index in [0.717, 1.165) is 32.6 Å². The molecule has 0 aromatic carbocycles. The first-order chi connectivity index (χ1) is 9.60. The highest BCUT2D eigenvalue weighted by molar-refractivity contribution is 5.98. The summed E-state index contributed by atoms with van der Waals surface area (Å²) in [6.07, 6.45) is 2.66. The van der Waals surface area contributed by atoms with Gasteiger partial charge in [0.05, 0.1) is 5.56 Å². The minimum atomic E-state index is 0.0535. The number of rotatable bonds is 8. The third kappa shape index (κ3) is 4.81. The van der Waals surface area contributed by atoms with Crippen LogP contribution in [0, 0.1) is 0 Å². The van der Waals surface area contributed by atoms with Crippen molar-refractivity contribution in [1.82, 2.24) is 14.8 Å². The summed E-state index contributed by atoms with van der Waals surface area (Å²) >= 11 is 0. The average Bonchev–Trinajstić information content (AvgIpc) is 2.43. The second-order valence-corrected chi connectivity index (χ2v) is 5.03. The quantitative estimate of drug-likeness (QED) is 0.789. The molecule has 0 radical (unpaired) electrons. The van der Waals surface area contributed by atoms with Gasteiger partial charge >= 0.3 is 0 Å². The van der Waals surface area contributed by atoms with E-state index in [4.69, 9.17) is 0 Å². The van der Waals surface area contributed by atoms with E-state index in [1.165, 1.54) is 0 Å². The smallest absolute Gasteiger partial charge is 0.257 e. The number of aromatic nitrogens is 1. The van der Waals surface area contributed by atoms with Crippen molar-refractivity contribution in [2.75, 3.05) is 45.6 Å². The summed E-state index contributed by atoms with van der Waals surface area (Å²) in [6, 6.07) is 3.65. The molecule has 112 valence electrons. The average molecular weight is 278 g/mol. The van der Waals surface area contributed by atoms with Gasteiger partial charge < -0.3 is 15.1 Å². The van der Waals surface area contributed by atoms with E-state index in [-0.39, 0.29) is 5.91 Å². The summed E-state index contributed by atoms with van der Waals surface area (Å²) in [5.41, 5.74) is 0.654. The predicted octanol–water partition coefficient (Wildman–Crippen LogP) is 1.93. The Kier molecular flexibility index (Phi) is 7.01. The van der Waals surface area contributed by atoms with Gasteiger partial charge in [-0.15, -0.1) is 0 Å². The molecule has 1 aromatic rings. The normalized spacial score (nSPS) is 10.7. The van der Waals surface area contributed by atoms with Gasteiger partial charge in [-0.2, -0.15) is 0 Å². The molecule has 1 heterocycles. The second-order valence-electron chi connectivity index (χ2n) is 5.03. The van der Waals surface area contributed by atoms with Gasteiger partial charge in [-0.25, -0.2) is 4.98 Å². The molecule has 0 unspecified atom stereocenters. The fraction of sp³-hybridized carbons (Fsp3) is 0.600. The van der Waals surface area contributed by atoms with Gasteiger partial charge in [0.2, 0.25) is 0 Å². The Morgan fingerprint density at radius 1 is 1.25 bits per heavy atom. The molecule has 0 bridgehead atoms. The molecule has 1 amide bonds. The van der Waals surface area contributed by atoms with Crippen molar-refractivity contribution < 1.29 is 4.79 Å². The highest BCUT2D eigenvalue weighted by Gasteiger charge is 2.18. The Morgan fingerprint density at radius 2 is 2.00 bits per heavy atom. The van der Waals surface area contributed by atoms with Gasteiger partial charge in [-0.05, 0) is 39.6 Å². The van der Waals surface area contributed by atoms with Crippen LogP contribution in [0.15, 0.2) is 18.3 Å². The summed E-state index contributed by atoms with van der Waals surface area (Å²) in [7, 11) is 4.03. The number of hydrogen-bond donors (Lipinski definition) is 1. The molecule has 0 aliphatic heterocycles. The van der Waals surface area contributed by atoms with E-state index in [9.17, 15) is 4.79 Å². The maximum atomic E-state index is 12.7. The lowest BCUT2D eigenvalue weighted by molar-refractivity contribution is 0.0745. The standard InChI is InChI=1S/C15H26N4O/c1-5-10-19(12-11-18(3)4)15(20)13-8-7-9-17-14(13)16-6-2/h7-9H,5-6,10-12H2,1-4H3,(H,16,17). The first kappa shape index (κ1) is 16.4. The fourth-order valence-corrected chi connectivity index (χ4v) is 1.96. The number of hydrogen-bond acceptors (Lipinski definition) is 4. The van der Waals surface area contributed by atoms with Gasteiger partial charge in [-0.3, -0.25) is 4.79 Å². The van der Waals surface area contributed by atoms with E-state index >= 15 is 0 Å². The van der Waals surface area contributed by atoms with E-state index in [1.54, 1.807) is 6.20 Å². The molecule has 1 N–H and O–H groups in total. The van der Waals surface area contributed by atoms with Gasteiger partial charge in [0.1, 0.15) is 5.82 Å². The van der Waals surface area contributed by atoms with Gasteiger partial charge in [0, 0.05) is 32.4 Å². The Morgan fingerprint density at radius 3 is 2.60 bits per heavy atom. The molecular weight excluding hydrogens is 252 g/mol. The lowest BCUT2D eigenvalue weighted by Gasteiger charge is -2.24. The summed E-state index contributed by atoms with van der Waals surface area (Å²) in [6.45, 7) is 7.21. The maximum Gasteiger partial charge on any atom is 0.257 e. The summed E-state index contributed by atoms with van der Waals surface area (Å²) in [5, 5.41) is 3.15. The van der Waals surface area contributed by atoms with E-state index < -0.39 is 0 Å². The number of carbonyl (C=O) groups is 1. The molecule has 0 atom stereocenters. The summed E-state index contributed by atoms with van der Waals surface area (Å²) < 4.78 is 0. The van der Waals surface area contributed by atoms with E-state index in [1.807, 2.05) is 38.1 Å². The first-order valence-electron chi connectivity index (χ1n) is 7.23. The van der Waals surface area contributed by atoms with Crippen LogP contribution in [0.3, 0.4) is 0 Å². The van der Waals surface area contributed by atoms with Crippen LogP contribution in [0.2, 0.25) is 0 Å². The van der Waals surface area contributed by atoms with Crippen LogP contribution in [-0.4, -0.2) is 61.0 Å². The van der Waals surface area contributed by atoms with Gasteiger partial charge in [0.25, 0.3) is 5.91 Å². The van der Waals surface area contributed by atoms with Crippen LogP contribution in [0.4, 0.5) is 5.82 Å². The second kappa shape index (κ2) is 8.53. The Labute approximate surface area is 122 Å². The third-order valence-electron chi connectivity index (χ3n) is 2.98. The van der Waals surface area contributed by atoms with Crippen molar-refractivity contribution in [2.45, 2.75) is 20.3 Å². The van der Waals surface area contributed by atoms with Crippen LogP contribution in [0.5, 0.6) is 0 Å².